The van der Waals surface area contributed by atoms with E-state index in [4.69, 9.17) is 10.5 Å². The average molecular weight is 481 g/mol. The fourth-order valence-electron chi connectivity index (χ4n) is 3.23. The number of halogens is 1. The van der Waals surface area contributed by atoms with E-state index in [1.165, 1.54) is 30.5 Å². The number of rotatable bonds is 7. The number of fused-ring (bicyclic) bond motifs is 1. The normalized spacial score (nSPS) is 11.4. The van der Waals surface area contributed by atoms with Gasteiger partial charge in [0.2, 0.25) is 11.8 Å². The Morgan fingerprint density at radius 3 is 2.68 bits per heavy atom. The van der Waals surface area contributed by atoms with E-state index in [1.807, 2.05) is 0 Å². The summed E-state index contributed by atoms with van der Waals surface area (Å²) in [6.07, 6.45) is 4.62. The highest BCUT2D eigenvalue weighted by molar-refractivity contribution is 7.70. The van der Waals surface area contributed by atoms with Crippen LogP contribution in [0.4, 0.5) is 10.2 Å². The second-order valence-corrected chi connectivity index (χ2v) is 11.2. The zero-order valence-corrected chi connectivity index (χ0v) is 19.3. The molecule has 174 valence electrons. The number of ether oxygens (including phenoxy) is 1. The number of nitrogens with one attached hydrogen (secondary N) is 1. The van der Waals surface area contributed by atoms with Gasteiger partial charge in [-0.3, -0.25) is 9.59 Å². The molecular weight excluding hydrogens is 460 g/mol. The van der Waals surface area contributed by atoms with Crippen LogP contribution in [0.5, 0.6) is 11.6 Å². The van der Waals surface area contributed by atoms with Gasteiger partial charge in [-0.05, 0) is 55.3 Å². The molecule has 0 atom stereocenters. The molecule has 0 aliphatic rings. The molecule has 0 aliphatic heterocycles. The number of primary amides is 1. The predicted molar refractivity (Wildman–Crippen MR) is 126 cm³/mol. The summed E-state index contributed by atoms with van der Waals surface area (Å²) in [6.45, 7) is 3.35. The quantitative estimate of drug-likeness (QED) is 0.390. The van der Waals surface area contributed by atoms with Crippen molar-refractivity contribution < 1.29 is 23.3 Å². The zero-order valence-electron chi connectivity index (χ0n) is 18.4. The lowest BCUT2D eigenvalue weighted by Crippen LogP contribution is -2.15. The molecule has 34 heavy (non-hydrogen) atoms. The first kappa shape index (κ1) is 23.1. The number of nitrogens with zero attached hydrogens (tertiary/aromatic N) is 3. The number of hydrogen-bond donors (Lipinski definition) is 2. The molecule has 3 aromatic heterocycles. The number of benzene rings is 1. The van der Waals surface area contributed by atoms with Crippen molar-refractivity contribution in [2.75, 3.05) is 18.6 Å². The maximum absolute atomic E-state index is 14.6. The average Bonchev–Trinajstić information content (AvgIpc) is 3.16. The van der Waals surface area contributed by atoms with Crippen LogP contribution in [0.15, 0.2) is 61.1 Å². The summed E-state index contributed by atoms with van der Waals surface area (Å²) in [5.41, 5.74) is 6.30. The summed E-state index contributed by atoms with van der Waals surface area (Å²) in [4.78, 5) is 32.2. The first-order chi connectivity index (χ1) is 16.1. The lowest BCUT2D eigenvalue weighted by atomic mass is 10.1. The Balaban J connectivity index is 1.45. The van der Waals surface area contributed by atoms with Crippen LogP contribution in [0.1, 0.15) is 15.9 Å². The molecule has 3 heterocycles. The van der Waals surface area contributed by atoms with Gasteiger partial charge in [0.05, 0.1) is 12.6 Å². The molecule has 1 aromatic carbocycles. The first-order valence-electron chi connectivity index (χ1n) is 10.2. The van der Waals surface area contributed by atoms with Gasteiger partial charge in [-0.25, -0.2) is 14.4 Å². The summed E-state index contributed by atoms with van der Waals surface area (Å²) < 4.78 is 34.0. The van der Waals surface area contributed by atoms with E-state index in [2.05, 4.69) is 15.3 Å². The Bertz CT molecular complexity index is 1460. The molecule has 0 unspecified atom stereocenters. The van der Waals surface area contributed by atoms with Crippen LogP contribution in [-0.4, -0.2) is 39.5 Å². The number of carbonyl (C=O) groups is 2. The van der Waals surface area contributed by atoms with Crippen LogP contribution in [0.3, 0.4) is 0 Å². The number of pyridine rings is 2. The summed E-state index contributed by atoms with van der Waals surface area (Å²) in [7, 11) is -2.43. The van der Waals surface area contributed by atoms with E-state index in [9.17, 15) is 18.5 Å². The first-order valence-corrected chi connectivity index (χ1v) is 12.8. The van der Waals surface area contributed by atoms with Crippen LogP contribution in [0, 0.1) is 5.82 Å². The third-order valence-corrected chi connectivity index (χ3v) is 6.44. The fraction of sp³-hybridized carbons (Fsp3) is 0.130. The topological polar surface area (TPSA) is 129 Å². The largest absolute Gasteiger partial charge is 0.435 e. The minimum atomic E-state index is -2.43. The maximum Gasteiger partial charge on any atom is 0.254 e. The Morgan fingerprint density at radius 2 is 1.97 bits per heavy atom. The van der Waals surface area contributed by atoms with Gasteiger partial charge in [0, 0.05) is 17.7 Å². The van der Waals surface area contributed by atoms with Gasteiger partial charge in [0.25, 0.3) is 5.91 Å². The zero-order chi connectivity index (χ0) is 24.5. The van der Waals surface area contributed by atoms with E-state index in [-0.39, 0.29) is 23.6 Å². The van der Waals surface area contributed by atoms with Crippen molar-refractivity contribution >= 4 is 35.7 Å². The molecule has 0 fully saturated rings. The molecule has 0 saturated heterocycles. The summed E-state index contributed by atoms with van der Waals surface area (Å²) in [6, 6.07) is 10.4. The van der Waals surface area contributed by atoms with Crippen LogP contribution < -0.4 is 21.1 Å². The summed E-state index contributed by atoms with van der Waals surface area (Å²) in [5.74, 6) is -1.83. The number of carbonyl (C=O) groups excluding carboxylic acids is 2. The van der Waals surface area contributed by atoms with Crippen molar-refractivity contribution in [2.45, 2.75) is 6.42 Å². The van der Waals surface area contributed by atoms with E-state index in [1.54, 1.807) is 42.3 Å². The maximum atomic E-state index is 14.6. The van der Waals surface area contributed by atoms with E-state index in [0.717, 1.165) is 6.07 Å². The van der Waals surface area contributed by atoms with Gasteiger partial charge in [-0.1, -0.05) is 6.07 Å². The molecule has 0 saturated carbocycles. The third-order valence-electron chi connectivity index (χ3n) is 4.93. The van der Waals surface area contributed by atoms with Gasteiger partial charge in [0.15, 0.2) is 17.4 Å². The molecular formula is C23H21FN5O4P. The molecule has 0 spiro atoms. The standard InChI is InChI=1S/C23H21FN5O4P/c1-34(2,32)15-6-8-20-27-19(13-29(20)12-15)28-21(30)11-14-5-7-18(17(24)10-14)33-23-16(22(25)31)4-3-9-26-23/h3-10,12-13H,11H2,1-2H3,(H2,25,31)(H,28,30). The number of hydrogen-bond acceptors (Lipinski definition) is 6. The molecule has 3 N–H and O–H groups in total. The van der Waals surface area contributed by atoms with Crippen molar-refractivity contribution in [1.82, 2.24) is 14.4 Å². The number of amides is 2. The minimum absolute atomic E-state index is 0.0191. The van der Waals surface area contributed by atoms with Crippen LogP contribution in [0.25, 0.3) is 5.65 Å². The highest BCUT2D eigenvalue weighted by atomic mass is 31.2. The molecule has 11 heteroatoms. The highest BCUT2D eigenvalue weighted by Gasteiger charge is 2.16. The fourth-order valence-corrected chi connectivity index (χ4v) is 4.07. The second-order valence-electron chi connectivity index (χ2n) is 7.94. The van der Waals surface area contributed by atoms with E-state index < -0.39 is 24.8 Å². The van der Waals surface area contributed by atoms with Gasteiger partial charge in [-0.15, -0.1) is 0 Å². The monoisotopic (exact) mass is 481 g/mol. The molecule has 9 nitrogen and oxygen atoms in total. The van der Waals surface area contributed by atoms with Crippen LogP contribution >= 0.6 is 7.14 Å². The smallest absolute Gasteiger partial charge is 0.254 e. The number of anilines is 1. The molecule has 4 rings (SSSR count). The van der Waals surface area contributed by atoms with Crippen molar-refractivity contribution in [2.24, 2.45) is 5.73 Å². The van der Waals surface area contributed by atoms with Gasteiger partial charge < -0.3 is 24.8 Å². The Kier molecular flexibility index (Phi) is 6.17. The highest BCUT2D eigenvalue weighted by Crippen LogP contribution is 2.34. The molecule has 2 amide bonds. The van der Waals surface area contributed by atoms with Crippen LogP contribution in [-0.2, 0) is 15.8 Å². The lowest BCUT2D eigenvalue weighted by Gasteiger charge is -2.09. The van der Waals surface area contributed by atoms with E-state index in [0.29, 0.717) is 22.3 Å². The lowest BCUT2D eigenvalue weighted by molar-refractivity contribution is -0.115. The van der Waals surface area contributed by atoms with E-state index >= 15 is 0 Å². The van der Waals surface area contributed by atoms with Gasteiger partial charge in [0.1, 0.15) is 18.4 Å². The number of aromatic nitrogens is 3. The van der Waals surface area contributed by atoms with Crippen molar-refractivity contribution in [3.8, 4) is 11.6 Å². The summed E-state index contributed by atoms with van der Waals surface area (Å²) >= 11 is 0. The van der Waals surface area contributed by atoms with Crippen LogP contribution in [0.2, 0.25) is 0 Å². The minimum Gasteiger partial charge on any atom is -0.435 e. The van der Waals surface area contributed by atoms with Crippen molar-refractivity contribution in [1.29, 1.82) is 0 Å². The van der Waals surface area contributed by atoms with Crippen molar-refractivity contribution in [3.63, 3.8) is 0 Å². The summed E-state index contributed by atoms with van der Waals surface area (Å²) in [5, 5.41) is 3.37. The Morgan fingerprint density at radius 1 is 1.18 bits per heavy atom. The van der Waals surface area contributed by atoms with Gasteiger partial charge >= 0.3 is 0 Å². The number of nitrogens with two attached hydrogens (primary N) is 1. The third kappa shape index (κ3) is 5.13. The molecule has 0 bridgehead atoms. The Hall–Kier alpha value is -4.04. The Labute approximate surface area is 194 Å². The SMILES string of the molecule is CP(C)(=O)c1ccc2nc(NC(=O)Cc3ccc(Oc4ncccc4C(N)=O)c(F)c3)cn2c1. The molecule has 0 aliphatic carbocycles. The van der Waals surface area contributed by atoms with Gasteiger partial charge in [-0.2, -0.15) is 0 Å². The molecule has 0 radical (unpaired) electrons. The number of imidazole rings is 1. The predicted octanol–water partition coefficient (Wildman–Crippen LogP) is 3.19. The molecule has 4 aromatic rings. The van der Waals surface area contributed by atoms with Crippen molar-refractivity contribution in [3.05, 3.63) is 78.0 Å². The second kappa shape index (κ2) is 9.07.